The number of aromatic amines is 1. The van der Waals surface area contributed by atoms with Gasteiger partial charge in [0.2, 0.25) is 0 Å². The summed E-state index contributed by atoms with van der Waals surface area (Å²) in [5.41, 5.74) is 1.43. The van der Waals surface area contributed by atoms with E-state index in [9.17, 15) is 14.7 Å². The molecule has 1 amide bonds. The SMILES string of the molecule is Cc1ccc(C(=O)N[C@H](Cc2cnc[nH]2)C(=O)O)c(O)c1. The molecule has 1 heterocycles. The van der Waals surface area contributed by atoms with Crippen LogP contribution in [0.25, 0.3) is 0 Å². The third kappa shape index (κ3) is 3.59. The van der Waals surface area contributed by atoms with E-state index in [1.807, 2.05) is 0 Å². The molecule has 1 aromatic heterocycles. The lowest BCUT2D eigenvalue weighted by molar-refractivity contribution is -0.139. The van der Waals surface area contributed by atoms with Crippen LogP contribution in [0, 0.1) is 6.92 Å². The number of carboxylic acid groups (broad SMARTS) is 1. The molecular weight excluding hydrogens is 274 g/mol. The Morgan fingerprint density at radius 2 is 2.19 bits per heavy atom. The van der Waals surface area contributed by atoms with Gasteiger partial charge in [0.1, 0.15) is 11.8 Å². The second-order valence-electron chi connectivity index (χ2n) is 4.67. The highest BCUT2D eigenvalue weighted by Crippen LogP contribution is 2.18. The minimum Gasteiger partial charge on any atom is -0.507 e. The zero-order valence-corrected chi connectivity index (χ0v) is 11.3. The van der Waals surface area contributed by atoms with Crippen molar-refractivity contribution in [1.29, 1.82) is 0 Å². The minimum absolute atomic E-state index is 0.0384. The minimum atomic E-state index is -1.16. The third-order valence-corrected chi connectivity index (χ3v) is 2.98. The van der Waals surface area contributed by atoms with Gasteiger partial charge in [-0.15, -0.1) is 0 Å². The summed E-state index contributed by atoms with van der Waals surface area (Å²) >= 11 is 0. The van der Waals surface area contributed by atoms with Gasteiger partial charge in [0.15, 0.2) is 0 Å². The molecule has 0 spiro atoms. The quantitative estimate of drug-likeness (QED) is 0.651. The molecule has 2 aromatic rings. The first-order valence-corrected chi connectivity index (χ1v) is 6.28. The van der Waals surface area contributed by atoms with Crippen LogP contribution >= 0.6 is 0 Å². The summed E-state index contributed by atoms with van der Waals surface area (Å²) in [7, 11) is 0. The summed E-state index contributed by atoms with van der Waals surface area (Å²) in [6.07, 6.45) is 3.00. The Balaban J connectivity index is 2.12. The van der Waals surface area contributed by atoms with Crippen molar-refractivity contribution < 1.29 is 19.8 Å². The molecule has 7 heteroatoms. The molecule has 0 saturated carbocycles. The zero-order chi connectivity index (χ0) is 15.4. The number of aliphatic carboxylic acids is 1. The maximum atomic E-state index is 12.1. The number of aryl methyl sites for hydroxylation is 1. The van der Waals surface area contributed by atoms with E-state index in [4.69, 9.17) is 5.11 Å². The number of hydrogen-bond donors (Lipinski definition) is 4. The normalized spacial score (nSPS) is 11.9. The van der Waals surface area contributed by atoms with Crippen molar-refractivity contribution in [1.82, 2.24) is 15.3 Å². The number of H-pyrrole nitrogens is 1. The highest BCUT2D eigenvalue weighted by atomic mass is 16.4. The highest BCUT2D eigenvalue weighted by Gasteiger charge is 2.23. The number of aromatic nitrogens is 2. The second kappa shape index (κ2) is 6.08. The summed E-state index contributed by atoms with van der Waals surface area (Å²) in [5.74, 6) is -1.98. The van der Waals surface area contributed by atoms with E-state index < -0.39 is 17.9 Å². The molecule has 0 radical (unpaired) electrons. The Kier molecular flexibility index (Phi) is 4.22. The van der Waals surface area contributed by atoms with E-state index in [0.29, 0.717) is 5.69 Å². The van der Waals surface area contributed by atoms with Crippen molar-refractivity contribution in [2.75, 3.05) is 0 Å². The topological polar surface area (TPSA) is 115 Å². The molecular formula is C14H15N3O4. The number of nitrogens with one attached hydrogen (secondary N) is 2. The molecule has 21 heavy (non-hydrogen) atoms. The first kappa shape index (κ1) is 14.6. The van der Waals surface area contributed by atoms with Crippen molar-refractivity contribution >= 4 is 11.9 Å². The number of carboxylic acids is 1. The van der Waals surface area contributed by atoms with Crippen molar-refractivity contribution in [3.8, 4) is 5.75 Å². The van der Waals surface area contributed by atoms with E-state index in [2.05, 4.69) is 15.3 Å². The largest absolute Gasteiger partial charge is 0.507 e. The van der Waals surface area contributed by atoms with Gasteiger partial charge in [0, 0.05) is 18.3 Å². The lowest BCUT2D eigenvalue weighted by atomic mass is 10.1. The number of nitrogens with zero attached hydrogens (tertiary/aromatic N) is 1. The number of hydrogen-bond acceptors (Lipinski definition) is 4. The van der Waals surface area contributed by atoms with Gasteiger partial charge in [0.05, 0.1) is 11.9 Å². The van der Waals surface area contributed by atoms with Gasteiger partial charge in [-0.25, -0.2) is 9.78 Å². The fourth-order valence-electron chi connectivity index (χ4n) is 1.89. The first-order valence-electron chi connectivity index (χ1n) is 6.28. The predicted molar refractivity (Wildman–Crippen MR) is 74.0 cm³/mol. The lowest BCUT2D eigenvalue weighted by Crippen LogP contribution is -2.42. The van der Waals surface area contributed by atoms with Crippen LogP contribution in [-0.4, -0.2) is 38.1 Å². The summed E-state index contributed by atoms with van der Waals surface area (Å²) in [6.45, 7) is 1.78. The molecule has 0 aliphatic carbocycles. The van der Waals surface area contributed by atoms with E-state index >= 15 is 0 Å². The van der Waals surface area contributed by atoms with Crippen LogP contribution in [0.1, 0.15) is 21.6 Å². The number of rotatable bonds is 5. The number of amides is 1. The summed E-state index contributed by atoms with van der Waals surface area (Å²) in [5, 5.41) is 21.3. The van der Waals surface area contributed by atoms with Gasteiger partial charge in [-0.05, 0) is 24.6 Å². The van der Waals surface area contributed by atoms with Crippen LogP contribution in [0.3, 0.4) is 0 Å². The number of imidazole rings is 1. The van der Waals surface area contributed by atoms with Crippen LogP contribution in [0.5, 0.6) is 5.75 Å². The number of aromatic hydroxyl groups is 1. The molecule has 0 bridgehead atoms. The molecule has 110 valence electrons. The number of carbonyl (C=O) groups is 2. The van der Waals surface area contributed by atoms with Gasteiger partial charge < -0.3 is 20.5 Å². The van der Waals surface area contributed by atoms with Crippen molar-refractivity contribution in [2.24, 2.45) is 0 Å². The van der Waals surface area contributed by atoms with Crippen LogP contribution in [0.15, 0.2) is 30.7 Å². The average Bonchev–Trinajstić information content (AvgIpc) is 2.90. The Labute approximate surface area is 120 Å². The molecule has 2 rings (SSSR count). The van der Waals surface area contributed by atoms with E-state index in [1.54, 1.807) is 13.0 Å². The first-order chi connectivity index (χ1) is 9.97. The van der Waals surface area contributed by atoms with Crippen LogP contribution in [0.2, 0.25) is 0 Å². The summed E-state index contributed by atoms with van der Waals surface area (Å²) in [4.78, 5) is 29.9. The molecule has 7 nitrogen and oxygen atoms in total. The van der Waals surface area contributed by atoms with Crippen molar-refractivity contribution in [3.63, 3.8) is 0 Å². The van der Waals surface area contributed by atoms with E-state index in [1.165, 1.54) is 24.7 Å². The predicted octanol–water partition coefficient (Wildman–Crippen LogP) is 0.849. The van der Waals surface area contributed by atoms with Gasteiger partial charge in [-0.2, -0.15) is 0 Å². The molecule has 1 aromatic carbocycles. The molecule has 0 fully saturated rings. The molecule has 4 N–H and O–H groups in total. The highest BCUT2D eigenvalue weighted by molar-refractivity contribution is 5.98. The van der Waals surface area contributed by atoms with Crippen LogP contribution < -0.4 is 5.32 Å². The number of phenols is 1. The van der Waals surface area contributed by atoms with Crippen LogP contribution in [-0.2, 0) is 11.2 Å². The summed E-state index contributed by atoms with van der Waals surface area (Å²) < 4.78 is 0. The average molecular weight is 289 g/mol. The molecule has 0 aliphatic rings. The van der Waals surface area contributed by atoms with Gasteiger partial charge in [0.25, 0.3) is 5.91 Å². The Bertz CT molecular complexity index is 652. The standard InChI is InChI=1S/C14H15N3O4/c1-8-2-3-10(12(18)4-8)13(19)17-11(14(20)21)5-9-6-15-7-16-9/h2-4,6-7,11,18H,5H2,1H3,(H,15,16)(H,17,19)(H,20,21)/t11-/m1/s1. The Morgan fingerprint density at radius 1 is 1.43 bits per heavy atom. The summed E-state index contributed by atoms with van der Waals surface area (Å²) in [6, 6.07) is 3.45. The maximum absolute atomic E-state index is 12.1. The van der Waals surface area contributed by atoms with Crippen molar-refractivity contribution in [3.05, 3.63) is 47.5 Å². The molecule has 0 unspecified atom stereocenters. The maximum Gasteiger partial charge on any atom is 0.326 e. The van der Waals surface area contributed by atoms with E-state index in [0.717, 1.165) is 5.56 Å². The van der Waals surface area contributed by atoms with Crippen LogP contribution in [0.4, 0.5) is 0 Å². The molecule has 1 atom stereocenters. The zero-order valence-electron chi connectivity index (χ0n) is 11.3. The monoisotopic (exact) mass is 289 g/mol. The van der Waals surface area contributed by atoms with Gasteiger partial charge in [-0.3, -0.25) is 4.79 Å². The third-order valence-electron chi connectivity index (χ3n) is 2.98. The smallest absolute Gasteiger partial charge is 0.326 e. The Hall–Kier alpha value is -2.83. The van der Waals surface area contributed by atoms with Crippen molar-refractivity contribution in [2.45, 2.75) is 19.4 Å². The number of benzene rings is 1. The molecule has 0 saturated heterocycles. The second-order valence-corrected chi connectivity index (χ2v) is 4.67. The van der Waals surface area contributed by atoms with Gasteiger partial charge in [-0.1, -0.05) is 6.07 Å². The van der Waals surface area contributed by atoms with E-state index in [-0.39, 0.29) is 17.7 Å². The number of phenolic OH excluding ortho intramolecular Hbond substituents is 1. The lowest BCUT2D eigenvalue weighted by Gasteiger charge is -2.14. The number of carbonyl (C=O) groups excluding carboxylic acids is 1. The fraction of sp³-hybridized carbons (Fsp3) is 0.214. The van der Waals surface area contributed by atoms with Gasteiger partial charge >= 0.3 is 5.97 Å². The molecule has 0 aliphatic heterocycles. The Morgan fingerprint density at radius 3 is 2.76 bits per heavy atom. The fourth-order valence-corrected chi connectivity index (χ4v) is 1.89.